The van der Waals surface area contributed by atoms with E-state index < -0.39 is 0 Å². The van der Waals surface area contributed by atoms with Crippen molar-refractivity contribution in [3.63, 3.8) is 0 Å². The highest BCUT2D eigenvalue weighted by molar-refractivity contribution is 6.30. The van der Waals surface area contributed by atoms with Crippen molar-refractivity contribution in [1.82, 2.24) is 0 Å². The fourth-order valence-electron chi connectivity index (χ4n) is 1.46. The van der Waals surface area contributed by atoms with Gasteiger partial charge in [-0.25, -0.2) is 0 Å². The highest BCUT2D eigenvalue weighted by Crippen LogP contribution is 2.25. The molecule has 0 fully saturated rings. The van der Waals surface area contributed by atoms with Crippen LogP contribution in [-0.2, 0) is 6.42 Å². The summed E-state index contributed by atoms with van der Waals surface area (Å²) in [6.07, 6.45) is 1.24. The van der Waals surface area contributed by atoms with Crippen LogP contribution in [0.2, 0.25) is 5.02 Å². The molecule has 0 radical (unpaired) electrons. The van der Waals surface area contributed by atoms with E-state index in [4.69, 9.17) is 16.7 Å². The Bertz CT molecular complexity index is 485. The van der Waals surface area contributed by atoms with Crippen molar-refractivity contribution in [1.29, 1.82) is 0 Å². The zero-order valence-electron chi connectivity index (χ0n) is 9.07. The van der Waals surface area contributed by atoms with Crippen molar-refractivity contribution in [2.75, 3.05) is 0 Å². The van der Waals surface area contributed by atoms with E-state index in [1.54, 1.807) is 25.1 Å². The van der Waals surface area contributed by atoms with Crippen LogP contribution in [0.3, 0.4) is 0 Å². The summed E-state index contributed by atoms with van der Waals surface area (Å²) < 4.78 is 0. The van der Waals surface area contributed by atoms with Gasteiger partial charge < -0.3 is 5.11 Å². The van der Waals surface area contributed by atoms with Gasteiger partial charge in [0.05, 0.1) is 0 Å². The van der Waals surface area contributed by atoms with E-state index in [1.807, 2.05) is 0 Å². The molecule has 1 N–H and O–H groups in total. The average molecular weight is 233 g/mol. The summed E-state index contributed by atoms with van der Waals surface area (Å²) in [5, 5.41) is 9.64. The molecule has 0 amide bonds. The van der Waals surface area contributed by atoms with Crippen molar-refractivity contribution in [3.8, 4) is 5.75 Å². The highest BCUT2D eigenvalue weighted by atomic mass is 35.5. The first-order chi connectivity index (χ1) is 7.66. The zero-order chi connectivity index (χ0) is 11.5. The van der Waals surface area contributed by atoms with Gasteiger partial charge in [-0.15, -0.1) is 0 Å². The van der Waals surface area contributed by atoms with Gasteiger partial charge in [-0.1, -0.05) is 35.9 Å². The zero-order valence-corrected chi connectivity index (χ0v) is 9.83. The number of phenols is 1. The summed E-state index contributed by atoms with van der Waals surface area (Å²) in [7, 11) is 0. The minimum Gasteiger partial charge on any atom is -0.508 e. The average Bonchev–Trinajstić information content (AvgIpc) is 3.04. The smallest absolute Gasteiger partial charge is 0.118 e. The topological polar surface area (TPSA) is 20.2 Å². The van der Waals surface area contributed by atoms with Crippen molar-refractivity contribution in [3.05, 3.63) is 64.2 Å². The quantitative estimate of drug-likeness (QED) is 0.622. The Morgan fingerprint density at radius 2 is 1.69 bits per heavy atom. The summed E-state index contributed by atoms with van der Waals surface area (Å²) in [6, 6.07) is 13.5. The number of aromatic hydroxyl groups is 1. The van der Waals surface area contributed by atoms with E-state index in [0.29, 0.717) is 10.8 Å². The summed E-state index contributed by atoms with van der Waals surface area (Å²) in [6.45, 7) is 1.81. The van der Waals surface area contributed by atoms with Crippen molar-refractivity contribution in [2.45, 2.75) is 13.3 Å². The summed E-state index contributed by atoms with van der Waals surface area (Å²) in [5.74, 6) is 0.291. The van der Waals surface area contributed by atoms with Crippen LogP contribution in [0.25, 0.3) is 0 Å². The normalized spacial score (nSPS) is 11.1. The Morgan fingerprint density at radius 3 is 2.12 bits per heavy atom. The van der Waals surface area contributed by atoms with Gasteiger partial charge in [-0.3, -0.25) is 0 Å². The van der Waals surface area contributed by atoms with E-state index >= 15 is 0 Å². The Morgan fingerprint density at radius 1 is 1.06 bits per heavy atom. The first-order valence-electron chi connectivity index (χ1n) is 5.19. The molecule has 0 spiro atoms. The Kier molecular flexibility index (Phi) is 3.16. The number of aryl methyl sites for hydroxylation is 1. The lowest BCUT2D eigenvalue weighted by Gasteiger charge is -1.95. The standard InChI is InChI=1S/C7H7ClO.C7H6/c1-5-4-6(8)2-3-7(5)9;1-2-4-7-5-6(7)3-1/h2-4,9H,1H3;1-4H,5H2. The van der Waals surface area contributed by atoms with E-state index in [-0.39, 0.29) is 0 Å². The monoisotopic (exact) mass is 232 g/mol. The third-order valence-electron chi connectivity index (χ3n) is 2.53. The second-order valence-electron chi connectivity index (χ2n) is 3.88. The lowest BCUT2D eigenvalue weighted by molar-refractivity contribution is 0.471. The molecule has 0 unspecified atom stereocenters. The van der Waals surface area contributed by atoms with Crippen molar-refractivity contribution < 1.29 is 5.11 Å². The molecule has 0 aliphatic heterocycles. The van der Waals surface area contributed by atoms with Crippen LogP contribution in [-0.4, -0.2) is 5.11 Å². The maximum atomic E-state index is 8.99. The van der Waals surface area contributed by atoms with Gasteiger partial charge in [0.2, 0.25) is 0 Å². The molecule has 0 atom stereocenters. The van der Waals surface area contributed by atoms with Gasteiger partial charge in [0.25, 0.3) is 0 Å². The van der Waals surface area contributed by atoms with Crippen molar-refractivity contribution >= 4 is 11.6 Å². The van der Waals surface area contributed by atoms with Crippen LogP contribution < -0.4 is 0 Å². The fraction of sp³-hybridized carbons (Fsp3) is 0.143. The molecular weight excluding hydrogens is 220 g/mol. The molecule has 1 nitrogen and oxygen atoms in total. The van der Waals surface area contributed by atoms with Gasteiger partial charge >= 0.3 is 0 Å². The van der Waals surface area contributed by atoms with E-state index in [9.17, 15) is 0 Å². The lowest BCUT2D eigenvalue weighted by Crippen LogP contribution is -1.71. The molecule has 0 aromatic heterocycles. The third-order valence-corrected chi connectivity index (χ3v) is 2.77. The van der Waals surface area contributed by atoms with Crippen molar-refractivity contribution in [2.24, 2.45) is 0 Å². The maximum absolute atomic E-state index is 8.99. The largest absolute Gasteiger partial charge is 0.508 e. The predicted octanol–water partition coefficient (Wildman–Crippen LogP) is 3.94. The van der Waals surface area contributed by atoms with Gasteiger partial charge in [0.15, 0.2) is 0 Å². The predicted molar refractivity (Wildman–Crippen MR) is 67.1 cm³/mol. The van der Waals surface area contributed by atoms with Gasteiger partial charge in [-0.2, -0.15) is 0 Å². The van der Waals surface area contributed by atoms with Gasteiger partial charge in [0, 0.05) is 5.02 Å². The molecule has 0 heterocycles. The Balaban J connectivity index is 0.000000123. The number of hydrogen-bond donors (Lipinski definition) is 1. The molecule has 16 heavy (non-hydrogen) atoms. The molecule has 2 aromatic rings. The molecule has 2 heteroatoms. The molecule has 2 aromatic carbocycles. The second-order valence-corrected chi connectivity index (χ2v) is 4.31. The Labute approximate surface area is 100 Å². The highest BCUT2D eigenvalue weighted by Gasteiger charge is 2.12. The molecule has 82 valence electrons. The van der Waals surface area contributed by atoms with E-state index in [2.05, 4.69) is 24.3 Å². The molecule has 0 saturated heterocycles. The Hall–Kier alpha value is -1.47. The summed E-state index contributed by atoms with van der Waals surface area (Å²) in [4.78, 5) is 0. The number of benzene rings is 2. The molecule has 1 aliphatic carbocycles. The first kappa shape index (κ1) is 11.0. The number of hydrogen-bond acceptors (Lipinski definition) is 1. The fourth-order valence-corrected chi connectivity index (χ4v) is 1.68. The van der Waals surface area contributed by atoms with Gasteiger partial charge in [-0.05, 0) is 48.2 Å². The molecular formula is C14H13ClO. The summed E-state index contributed by atoms with van der Waals surface area (Å²) in [5.41, 5.74) is 3.87. The van der Waals surface area contributed by atoms with E-state index in [1.165, 1.54) is 17.5 Å². The van der Waals surface area contributed by atoms with Crippen LogP contribution >= 0.6 is 11.6 Å². The molecule has 0 saturated carbocycles. The van der Waals surface area contributed by atoms with Crippen LogP contribution in [0, 0.1) is 6.92 Å². The lowest BCUT2D eigenvalue weighted by atomic mass is 10.2. The molecule has 1 aliphatic rings. The van der Waals surface area contributed by atoms with Crippen LogP contribution in [0.5, 0.6) is 5.75 Å². The molecule has 0 bridgehead atoms. The summed E-state index contributed by atoms with van der Waals surface area (Å²) >= 11 is 5.61. The van der Waals surface area contributed by atoms with Crippen LogP contribution in [0.15, 0.2) is 42.5 Å². The van der Waals surface area contributed by atoms with Gasteiger partial charge in [0.1, 0.15) is 5.75 Å². The third kappa shape index (κ3) is 2.77. The minimum absolute atomic E-state index is 0.291. The SMILES string of the molecule is Cc1cc(Cl)ccc1O.c1ccc2c(c1)C2. The van der Waals surface area contributed by atoms with E-state index in [0.717, 1.165) is 5.56 Å². The molecule has 3 rings (SSSR count). The maximum Gasteiger partial charge on any atom is 0.118 e. The number of rotatable bonds is 0. The minimum atomic E-state index is 0.291. The van der Waals surface area contributed by atoms with Crippen LogP contribution in [0.1, 0.15) is 16.7 Å². The van der Waals surface area contributed by atoms with Crippen LogP contribution in [0.4, 0.5) is 0 Å². The first-order valence-corrected chi connectivity index (χ1v) is 5.56. The number of phenolic OH excluding ortho intramolecular Hbond substituents is 1. The number of fused-ring (bicyclic) bond motifs is 1. The number of halogens is 1. The second kappa shape index (κ2) is 4.58.